The van der Waals surface area contributed by atoms with Crippen molar-refractivity contribution in [3.8, 4) is 11.8 Å². The van der Waals surface area contributed by atoms with Gasteiger partial charge in [-0.2, -0.15) is 0 Å². The minimum atomic E-state index is 0.736. The summed E-state index contributed by atoms with van der Waals surface area (Å²) in [7, 11) is 2.06. The first-order chi connectivity index (χ1) is 9.63. The summed E-state index contributed by atoms with van der Waals surface area (Å²) in [6, 6.07) is 16.2. The molecule has 0 amide bonds. The molecule has 20 heavy (non-hydrogen) atoms. The third-order valence-electron chi connectivity index (χ3n) is 2.97. The molecule has 2 aromatic carbocycles. The zero-order valence-corrected chi connectivity index (χ0v) is 12.6. The van der Waals surface area contributed by atoms with Crippen molar-refractivity contribution in [2.75, 3.05) is 13.6 Å². The van der Waals surface area contributed by atoms with Crippen molar-refractivity contribution in [1.82, 2.24) is 4.90 Å². The third kappa shape index (κ3) is 4.74. The van der Waals surface area contributed by atoms with Gasteiger partial charge in [0.15, 0.2) is 0 Å². The van der Waals surface area contributed by atoms with Crippen LogP contribution in [0.1, 0.15) is 16.7 Å². The topological polar surface area (TPSA) is 3.24 Å². The summed E-state index contributed by atoms with van der Waals surface area (Å²) in [5.74, 6) is 6.38. The molecule has 102 valence electrons. The van der Waals surface area contributed by atoms with Crippen LogP contribution in [-0.4, -0.2) is 18.5 Å². The third-order valence-corrected chi connectivity index (χ3v) is 3.21. The van der Waals surface area contributed by atoms with E-state index in [1.54, 1.807) is 0 Å². The lowest BCUT2D eigenvalue weighted by Crippen LogP contribution is -2.17. The molecule has 0 N–H and O–H groups in total. The Balaban J connectivity index is 1.89. The average molecular weight is 284 g/mol. The highest BCUT2D eigenvalue weighted by molar-refractivity contribution is 6.30. The van der Waals surface area contributed by atoms with Gasteiger partial charge in [0.25, 0.3) is 0 Å². The van der Waals surface area contributed by atoms with Crippen LogP contribution in [0.5, 0.6) is 0 Å². The van der Waals surface area contributed by atoms with Gasteiger partial charge in [0.1, 0.15) is 0 Å². The maximum atomic E-state index is 5.98. The van der Waals surface area contributed by atoms with Crippen molar-refractivity contribution in [1.29, 1.82) is 0 Å². The zero-order chi connectivity index (χ0) is 14.4. The van der Waals surface area contributed by atoms with Crippen molar-refractivity contribution in [2.45, 2.75) is 13.5 Å². The van der Waals surface area contributed by atoms with Crippen LogP contribution in [0.25, 0.3) is 0 Å². The fourth-order valence-corrected chi connectivity index (χ4v) is 2.13. The van der Waals surface area contributed by atoms with Crippen molar-refractivity contribution in [2.24, 2.45) is 0 Å². The summed E-state index contributed by atoms with van der Waals surface area (Å²) in [5, 5.41) is 0.779. The molecule has 0 saturated carbocycles. The van der Waals surface area contributed by atoms with E-state index in [1.807, 2.05) is 18.2 Å². The molecule has 2 heteroatoms. The first kappa shape index (κ1) is 14.7. The molecule has 0 saturated heterocycles. The summed E-state index contributed by atoms with van der Waals surface area (Å²) in [5.41, 5.74) is 3.53. The quantitative estimate of drug-likeness (QED) is 0.766. The van der Waals surface area contributed by atoms with Gasteiger partial charge in [0.05, 0.1) is 6.54 Å². The molecule has 0 aliphatic heterocycles. The predicted octanol–water partition coefficient (Wildman–Crippen LogP) is 4.13. The summed E-state index contributed by atoms with van der Waals surface area (Å²) >= 11 is 5.98. The molecule has 1 nitrogen and oxygen atoms in total. The van der Waals surface area contributed by atoms with E-state index >= 15 is 0 Å². The Morgan fingerprint density at radius 2 is 1.85 bits per heavy atom. The largest absolute Gasteiger partial charge is 0.291 e. The second-order valence-electron chi connectivity index (χ2n) is 4.97. The van der Waals surface area contributed by atoms with Crippen molar-refractivity contribution in [3.05, 3.63) is 70.2 Å². The Bertz CT molecular complexity index is 620. The van der Waals surface area contributed by atoms with Crippen LogP contribution >= 0.6 is 11.6 Å². The summed E-state index contributed by atoms with van der Waals surface area (Å²) < 4.78 is 0. The van der Waals surface area contributed by atoms with Gasteiger partial charge in [-0.1, -0.05) is 53.3 Å². The maximum Gasteiger partial charge on any atom is 0.0605 e. The van der Waals surface area contributed by atoms with E-state index in [0.29, 0.717) is 0 Å². The second-order valence-corrected chi connectivity index (χ2v) is 5.41. The SMILES string of the molecule is Cc1ccc(C#CCN(C)Cc2cccc(Cl)c2)cc1. The lowest BCUT2D eigenvalue weighted by molar-refractivity contribution is 0.369. The Labute approximate surface area is 126 Å². The van der Waals surface area contributed by atoms with Crippen LogP contribution in [0.3, 0.4) is 0 Å². The minimum absolute atomic E-state index is 0.736. The molecule has 0 unspecified atom stereocenters. The van der Waals surface area contributed by atoms with Gasteiger partial charge < -0.3 is 0 Å². The smallest absolute Gasteiger partial charge is 0.0605 e. The normalized spacial score (nSPS) is 10.2. The molecule has 0 atom stereocenters. The number of hydrogen-bond acceptors (Lipinski definition) is 1. The molecular weight excluding hydrogens is 266 g/mol. The van der Waals surface area contributed by atoms with E-state index in [0.717, 1.165) is 23.7 Å². The second kappa shape index (κ2) is 7.14. The number of hydrogen-bond donors (Lipinski definition) is 0. The summed E-state index contributed by atoms with van der Waals surface area (Å²) in [6.07, 6.45) is 0. The number of nitrogens with zero attached hydrogens (tertiary/aromatic N) is 1. The van der Waals surface area contributed by atoms with Gasteiger partial charge in [-0.3, -0.25) is 4.90 Å². The van der Waals surface area contributed by atoms with E-state index < -0.39 is 0 Å². The van der Waals surface area contributed by atoms with E-state index in [9.17, 15) is 0 Å². The molecule has 0 aliphatic carbocycles. The van der Waals surface area contributed by atoms with Crippen molar-refractivity contribution < 1.29 is 0 Å². The Morgan fingerprint density at radius 1 is 1.10 bits per heavy atom. The van der Waals surface area contributed by atoms with Gasteiger partial charge in [0.2, 0.25) is 0 Å². The lowest BCUT2D eigenvalue weighted by Gasteiger charge is -2.13. The molecule has 0 fully saturated rings. The van der Waals surface area contributed by atoms with Crippen molar-refractivity contribution in [3.63, 3.8) is 0 Å². The first-order valence-electron chi connectivity index (χ1n) is 6.62. The fourth-order valence-electron chi connectivity index (χ4n) is 1.92. The van der Waals surface area contributed by atoms with E-state index in [4.69, 9.17) is 11.6 Å². The fraction of sp³-hybridized carbons (Fsp3) is 0.222. The number of halogens is 1. The molecular formula is C18H18ClN. The van der Waals surface area contributed by atoms with Crippen LogP contribution in [0.2, 0.25) is 5.02 Å². The van der Waals surface area contributed by atoms with Gasteiger partial charge in [-0.05, 0) is 43.8 Å². The van der Waals surface area contributed by atoms with Gasteiger partial charge in [-0.15, -0.1) is 0 Å². The highest BCUT2D eigenvalue weighted by Gasteiger charge is 1.99. The van der Waals surface area contributed by atoms with E-state index in [-0.39, 0.29) is 0 Å². The van der Waals surface area contributed by atoms with Gasteiger partial charge >= 0.3 is 0 Å². The maximum absolute atomic E-state index is 5.98. The van der Waals surface area contributed by atoms with Crippen LogP contribution in [0.4, 0.5) is 0 Å². The van der Waals surface area contributed by atoms with Crippen LogP contribution in [0.15, 0.2) is 48.5 Å². The minimum Gasteiger partial charge on any atom is -0.291 e. The highest BCUT2D eigenvalue weighted by atomic mass is 35.5. The average Bonchev–Trinajstić information content (AvgIpc) is 2.41. The van der Waals surface area contributed by atoms with E-state index in [2.05, 4.69) is 61.0 Å². The number of benzene rings is 2. The summed E-state index contributed by atoms with van der Waals surface area (Å²) in [6.45, 7) is 3.67. The standard InChI is InChI=1S/C18H18ClN/c1-15-8-10-16(11-9-15)6-4-12-20(2)14-17-5-3-7-18(19)13-17/h3,5,7-11,13H,12,14H2,1-2H3. The molecule has 0 aromatic heterocycles. The van der Waals surface area contributed by atoms with Crippen LogP contribution in [0, 0.1) is 18.8 Å². The van der Waals surface area contributed by atoms with Crippen LogP contribution < -0.4 is 0 Å². The Morgan fingerprint density at radius 3 is 2.55 bits per heavy atom. The molecule has 2 rings (SSSR count). The van der Waals surface area contributed by atoms with Gasteiger partial charge in [-0.25, -0.2) is 0 Å². The lowest BCUT2D eigenvalue weighted by atomic mass is 10.1. The molecule has 0 radical (unpaired) electrons. The Kier molecular flexibility index (Phi) is 5.24. The number of rotatable bonds is 3. The molecule has 2 aromatic rings. The molecule has 0 aliphatic rings. The van der Waals surface area contributed by atoms with Crippen molar-refractivity contribution >= 4 is 11.6 Å². The molecule has 0 spiro atoms. The molecule has 0 heterocycles. The first-order valence-corrected chi connectivity index (χ1v) is 7.00. The Hall–Kier alpha value is -1.75. The summed E-state index contributed by atoms with van der Waals surface area (Å²) in [4.78, 5) is 2.17. The number of aryl methyl sites for hydroxylation is 1. The monoisotopic (exact) mass is 283 g/mol. The molecule has 0 bridgehead atoms. The highest BCUT2D eigenvalue weighted by Crippen LogP contribution is 2.11. The van der Waals surface area contributed by atoms with E-state index in [1.165, 1.54) is 11.1 Å². The zero-order valence-electron chi connectivity index (χ0n) is 11.9. The predicted molar refractivity (Wildman–Crippen MR) is 85.8 cm³/mol. The van der Waals surface area contributed by atoms with Gasteiger partial charge in [0, 0.05) is 17.1 Å². The van der Waals surface area contributed by atoms with Crippen LogP contribution in [-0.2, 0) is 6.54 Å².